The van der Waals surface area contributed by atoms with Crippen molar-refractivity contribution < 1.29 is 0 Å². The van der Waals surface area contributed by atoms with E-state index < -0.39 is 0 Å². The fourth-order valence-electron chi connectivity index (χ4n) is 21.3. The van der Waals surface area contributed by atoms with E-state index in [4.69, 9.17) is 44.9 Å². The van der Waals surface area contributed by atoms with E-state index in [0.29, 0.717) is 52.4 Å². The normalized spacial score (nSPS) is 11.6. The van der Waals surface area contributed by atoms with Gasteiger partial charge in [0.1, 0.15) is 0 Å². The Morgan fingerprint density at radius 3 is 0.773 bits per heavy atom. The number of thiophene rings is 3. The molecule has 21 aromatic carbocycles. The standard InChI is InChI=1S/3C45H28N4S/c1-3-13-29(14-4-1)30-25-27-31(28-26-30)43-46-44(48-45(47-43)38-22-12-20-36-34-18-8-10-24-40(34)50-42(36)38)37-21-11-19-35-33-17-7-9-23-39(33)49(41(35)37)32-15-5-2-6-16-32;1-3-12-29(13-4-1)30-22-24-31(25-23-30)43-46-44(48-45(47-43)38-19-11-18-37-36-17-8-10-21-41(36)50-42(37)38)32-26-27-35-34-16-7-9-20-39(34)49(40(35)28-32)33-14-5-2-6-15-33;1-3-12-29(13-4-1)30-22-24-31(25-23-30)43-46-44(48-45(47-43)37-19-11-18-36-35-17-8-10-21-41(35)50-42(36)37)32-26-27-40-38(28-32)34-16-7-9-20-39(34)49(40)33-14-5-2-6-15-33/h3*1-28H. The molecule has 0 unspecified atom stereocenters. The van der Waals surface area contributed by atoms with E-state index >= 15 is 0 Å². The summed E-state index contributed by atoms with van der Waals surface area (Å²) in [6.07, 6.45) is 0. The van der Waals surface area contributed by atoms with Gasteiger partial charge in [0.05, 0.1) is 33.1 Å². The molecule has 30 aromatic rings. The largest absolute Gasteiger partial charge is 0.309 e. The quantitative estimate of drug-likeness (QED) is 0.0984. The van der Waals surface area contributed by atoms with Crippen molar-refractivity contribution in [2.24, 2.45) is 0 Å². The third kappa shape index (κ3) is 16.0. The van der Waals surface area contributed by atoms with Crippen molar-refractivity contribution in [3.05, 3.63) is 510 Å². The van der Waals surface area contributed by atoms with E-state index in [-0.39, 0.29) is 0 Å². The van der Waals surface area contributed by atoms with E-state index in [1.165, 1.54) is 98.8 Å². The van der Waals surface area contributed by atoms with Crippen molar-refractivity contribution >= 4 is 160 Å². The zero-order valence-electron chi connectivity index (χ0n) is 80.6. The highest BCUT2D eigenvalue weighted by molar-refractivity contribution is 7.27. The molecule has 30 rings (SSSR count). The van der Waals surface area contributed by atoms with Crippen LogP contribution in [0.3, 0.4) is 0 Å². The van der Waals surface area contributed by atoms with Crippen molar-refractivity contribution in [1.82, 2.24) is 58.6 Å². The molecule has 9 heterocycles. The molecule has 0 aliphatic carbocycles. The third-order valence-electron chi connectivity index (χ3n) is 28.4. The van der Waals surface area contributed by atoms with Crippen LogP contribution in [0.15, 0.2) is 510 Å². The monoisotopic (exact) mass is 1970 g/mol. The fraction of sp³-hybridized carbons (Fsp3) is 0. The smallest absolute Gasteiger partial charge is 0.166 e. The summed E-state index contributed by atoms with van der Waals surface area (Å²) in [7, 11) is 0. The summed E-state index contributed by atoms with van der Waals surface area (Å²) < 4.78 is 14.3. The molecule has 0 N–H and O–H groups in total. The topological polar surface area (TPSA) is 131 Å². The Bertz CT molecular complexity index is 10400. The molecule has 0 saturated carbocycles. The number of benzene rings is 21. The Kier molecular flexibility index (Phi) is 22.2. The predicted molar refractivity (Wildman–Crippen MR) is 626 cm³/mol. The molecule has 0 aliphatic rings. The second-order valence-corrected chi connectivity index (χ2v) is 40.5. The molecule has 0 spiro atoms. The molecule has 150 heavy (non-hydrogen) atoms. The summed E-state index contributed by atoms with van der Waals surface area (Å²) >= 11 is 5.36. The molecule has 702 valence electrons. The van der Waals surface area contributed by atoms with E-state index in [0.717, 1.165) is 128 Å². The molecule has 0 fully saturated rings. The SMILES string of the molecule is c1ccc(-c2ccc(-c3nc(-c4ccc5c(c4)c4ccccc4n5-c4ccccc4)nc(-c4cccc5c4sc4ccccc45)n3)cc2)cc1.c1ccc(-c2ccc(-c3nc(-c4ccc5c6ccccc6n(-c6ccccc6)c5c4)nc(-c4cccc5c4sc4ccccc45)n3)cc2)cc1.c1ccc(-c2ccc(-c3nc(-c4cccc5c4sc4ccccc45)nc(-c4cccc5c6ccccc6n(-c6ccccc6)c45)n3)cc2)cc1. The average Bonchev–Trinajstić information content (AvgIpc) is 1.57. The van der Waals surface area contributed by atoms with E-state index in [1.807, 2.05) is 18.2 Å². The molecule has 0 amide bonds. The fourth-order valence-corrected chi connectivity index (χ4v) is 25.0. The Morgan fingerprint density at radius 1 is 0.133 bits per heavy atom. The van der Waals surface area contributed by atoms with Crippen LogP contribution >= 0.6 is 34.0 Å². The zero-order valence-corrected chi connectivity index (χ0v) is 83.0. The minimum atomic E-state index is 0.640. The summed E-state index contributed by atoms with van der Waals surface area (Å²) in [5, 5.41) is 14.5. The highest BCUT2D eigenvalue weighted by atomic mass is 32.1. The maximum atomic E-state index is 5.31. The highest BCUT2D eigenvalue weighted by Crippen LogP contribution is 2.48. The van der Waals surface area contributed by atoms with Crippen LogP contribution in [-0.4, -0.2) is 58.6 Å². The molecule has 0 saturated heterocycles. The van der Waals surface area contributed by atoms with Gasteiger partial charge in [0, 0.05) is 160 Å². The van der Waals surface area contributed by atoms with Crippen molar-refractivity contribution in [3.63, 3.8) is 0 Å². The Labute approximate surface area is 874 Å². The van der Waals surface area contributed by atoms with E-state index in [1.54, 1.807) is 34.0 Å². The van der Waals surface area contributed by atoms with Crippen LogP contribution in [0.4, 0.5) is 0 Å². The van der Waals surface area contributed by atoms with Gasteiger partial charge in [0.2, 0.25) is 0 Å². The molecule has 0 atom stereocenters. The molecule has 0 aliphatic heterocycles. The summed E-state index contributed by atoms with van der Waals surface area (Å²) in [6.45, 7) is 0. The Hall–Kier alpha value is -19.3. The Morgan fingerprint density at radius 2 is 0.373 bits per heavy atom. The van der Waals surface area contributed by atoms with Crippen LogP contribution < -0.4 is 0 Å². The maximum Gasteiger partial charge on any atom is 0.166 e. The van der Waals surface area contributed by atoms with Gasteiger partial charge in [-0.15, -0.1) is 34.0 Å². The molecule has 0 bridgehead atoms. The zero-order chi connectivity index (χ0) is 99.1. The van der Waals surface area contributed by atoms with Crippen LogP contribution in [0.2, 0.25) is 0 Å². The van der Waals surface area contributed by atoms with Crippen molar-refractivity contribution in [3.8, 4) is 153 Å². The van der Waals surface area contributed by atoms with Gasteiger partial charge in [0.25, 0.3) is 0 Å². The van der Waals surface area contributed by atoms with Crippen LogP contribution in [-0.2, 0) is 0 Å². The lowest BCUT2D eigenvalue weighted by atomic mass is 10.0. The van der Waals surface area contributed by atoms with Crippen molar-refractivity contribution in [2.45, 2.75) is 0 Å². The first-order chi connectivity index (χ1) is 74.4. The van der Waals surface area contributed by atoms with Gasteiger partial charge in [-0.3, -0.25) is 0 Å². The highest BCUT2D eigenvalue weighted by Gasteiger charge is 2.27. The van der Waals surface area contributed by atoms with Gasteiger partial charge in [-0.1, -0.05) is 388 Å². The first-order valence-corrected chi connectivity index (χ1v) is 52.6. The van der Waals surface area contributed by atoms with Gasteiger partial charge in [-0.2, -0.15) is 0 Å². The number of aromatic nitrogens is 12. The van der Waals surface area contributed by atoms with Crippen LogP contribution in [0, 0.1) is 0 Å². The van der Waals surface area contributed by atoms with E-state index in [2.05, 4.69) is 505 Å². The molecule has 15 heteroatoms. The van der Waals surface area contributed by atoms with Crippen LogP contribution in [0.25, 0.3) is 279 Å². The predicted octanol–water partition coefficient (Wildman–Crippen LogP) is 36.0. The van der Waals surface area contributed by atoms with Gasteiger partial charge < -0.3 is 13.7 Å². The first kappa shape index (κ1) is 88.4. The number of nitrogens with zero attached hydrogens (tertiary/aromatic N) is 12. The minimum absolute atomic E-state index is 0.640. The molecular formula is C135H84N12S3. The van der Waals surface area contributed by atoms with E-state index in [9.17, 15) is 0 Å². The van der Waals surface area contributed by atoms with Crippen LogP contribution in [0.5, 0.6) is 0 Å². The number of fused-ring (bicyclic) bond motifs is 18. The Balaban J connectivity index is 0.000000108. The van der Waals surface area contributed by atoms with Gasteiger partial charge in [0.15, 0.2) is 52.4 Å². The maximum absolute atomic E-state index is 5.31. The second-order valence-electron chi connectivity index (χ2n) is 37.3. The number of hydrogen-bond acceptors (Lipinski definition) is 12. The molecule has 9 aromatic heterocycles. The number of para-hydroxylation sites is 7. The van der Waals surface area contributed by atoms with Gasteiger partial charge >= 0.3 is 0 Å². The minimum Gasteiger partial charge on any atom is -0.309 e. The molecular weight excluding hydrogens is 1890 g/mol. The lowest BCUT2D eigenvalue weighted by Crippen LogP contribution is -2.02. The summed E-state index contributed by atoms with van der Waals surface area (Å²) in [5.74, 6) is 5.85. The third-order valence-corrected chi connectivity index (χ3v) is 32.1. The number of hydrogen-bond donors (Lipinski definition) is 0. The summed E-state index contributed by atoms with van der Waals surface area (Å²) in [4.78, 5) is 46.8. The number of rotatable bonds is 15. The second kappa shape index (κ2) is 37.7. The van der Waals surface area contributed by atoms with Crippen molar-refractivity contribution in [2.75, 3.05) is 0 Å². The van der Waals surface area contributed by atoms with Crippen molar-refractivity contribution in [1.29, 1.82) is 0 Å². The van der Waals surface area contributed by atoms with Gasteiger partial charge in [-0.25, -0.2) is 44.9 Å². The summed E-state index contributed by atoms with van der Waals surface area (Å²) in [5.41, 5.74) is 25.8. The lowest BCUT2D eigenvalue weighted by molar-refractivity contribution is 1.07. The summed E-state index contributed by atoms with van der Waals surface area (Å²) in [6, 6.07) is 179. The molecule has 0 radical (unpaired) electrons. The average molecular weight is 1970 g/mol. The van der Waals surface area contributed by atoms with Crippen LogP contribution in [0.1, 0.15) is 0 Å². The van der Waals surface area contributed by atoms with Gasteiger partial charge in [-0.05, 0) is 155 Å². The molecule has 12 nitrogen and oxygen atoms in total. The first-order valence-electron chi connectivity index (χ1n) is 50.1. The lowest BCUT2D eigenvalue weighted by Gasteiger charge is -2.13.